The Bertz CT molecular complexity index is 738. The zero-order valence-corrected chi connectivity index (χ0v) is 14.0. The van der Waals surface area contributed by atoms with Crippen LogP contribution in [-0.2, 0) is 11.3 Å². The topological polar surface area (TPSA) is 79.5 Å². The zero-order chi connectivity index (χ0) is 17.6. The first kappa shape index (κ1) is 17.0. The minimum Gasteiger partial charge on any atom is -0.380 e. The molecule has 0 aromatic heterocycles. The van der Waals surface area contributed by atoms with Crippen LogP contribution in [-0.4, -0.2) is 25.1 Å². The van der Waals surface area contributed by atoms with E-state index >= 15 is 0 Å². The maximum absolute atomic E-state index is 12.3. The average Bonchev–Trinajstić information content (AvgIpc) is 3.41. The van der Waals surface area contributed by atoms with Gasteiger partial charge in [-0.1, -0.05) is 12.1 Å². The van der Waals surface area contributed by atoms with Gasteiger partial charge in [0, 0.05) is 30.1 Å². The first-order chi connectivity index (χ1) is 12.1. The SMILES string of the molecule is COCc1ccc(C(=O)Nc2ccc(NC(=O)NC3CC3)cc2)cc1. The summed E-state index contributed by atoms with van der Waals surface area (Å²) in [6.07, 6.45) is 2.09. The van der Waals surface area contributed by atoms with Crippen molar-refractivity contribution >= 4 is 23.3 Å². The van der Waals surface area contributed by atoms with Crippen molar-refractivity contribution in [2.24, 2.45) is 0 Å². The molecular weight excluding hydrogens is 318 g/mol. The highest BCUT2D eigenvalue weighted by Crippen LogP contribution is 2.19. The molecule has 130 valence electrons. The summed E-state index contributed by atoms with van der Waals surface area (Å²) in [6.45, 7) is 0.519. The lowest BCUT2D eigenvalue weighted by molar-refractivity contribution is 0.102. The average molecular weight is 339 g/mol. The summed E-state index contributed by atoms with van der Waals surface area (Å²) in [4.78, 5) is 23.9. The van der Waals surface area contributed by atoms with E-state index in [0.717, 1.165) is 18.4 Å². The van der Waals surface area contributed by atoms with Gasteiger partial charge in [0.15, 0.2) is 0 Å². The van der Waals surface area contributed by atoms with Crippen LogP contribution >= 0.6 is 0 Å². The first-order valence-electron chi connectivity index (χ1n) is 8.21. The zero-order valence-electron chi connectivity index (χ0n) is 14.0. The van der Waals surface area contributed by atoms with Crippen molar-refractivity contribution < 1.29 is 14.3 Å². The number of carbonyl (C=O) groups is 2. The van der Waals surface area contributed by atoms with E-state index in [1.807, 2.05) is 12.1 Å². The molecule has 0 bridgehead atoms. The lowest BCUT2D eigenvalue weighted by Crippen LogP contribution is -2.30. The Balaban J connectivity index is 1.54. The molecule has 3 rings (SSSR count). The molecule has 0 aliphatic heterocycles. The van der Waals surface area contributed by atoms with Crippen LogP contribution in [0.5, 0.6) is 0 Å². The van der Waals surface area contributed by atoms with Crippen LogP contribution in [0.4, 0.5) is 16.2 Å². The number of methoxy groups -OCH3 is 1. The second-order valence-corrected chi connectivity index (χ2v) is 6.03. The van der Waals surface area contributed by atoms with Gasteiger partial charge >= 0.3 is 6.03 Å². The molecule has 0 spiro atoms. The monoisotopic (exact) mass is 339 g/mol. The van der Waals surface area contributed by atoms with Crippen LogP contribution in [0.2, 0.25) is 0 Å². The van der Waals surface area contributed by atoms with E-state index in [9.17, 15) is 9.59 Å². The van der Waals surface area contributed by atoms with E-state index in [4.69, 9.17) is 4.74 Å². The van der Waals surface area contributed by atoms with Crippen LogP contribution in [0.1, 0.15) is 28.8 Å². The van der Waals surface area contributed by atoms with Gasteiger partial charge in [-0.3, -0.25) is 4.79 Å². The minimum absolute atomic E-state index is 0.184. The molecular formula is C19H21N3O3. The Morgan fingerprint density at radius 1 is 0.960 bits per heavy atom. The highest BCUT2D eigenvalue weighted by atomic mass is 16.5. The number of hydrogen-bond donors (Lipinski definition) is 3. The molecule has 6 nitrogen and oxygen atoms in total. The molecule has 3 amide bonds. The quantitative estimate of drug-likeness (QED) is 0.755. The highest BCUT2D eigenvalue weighted by Gasteiger charge is 2.23. The Morgan fingerprint density at radius 2 is 1.56 bits per heavy atom. The van der Waals surface area contributed by atoms with E-state index in [1.54, 1.807) is 43.5 Å². The number of benzene rings is 2. The predicted molar refractivity (Wildman–Crippen MR) is 96.7 cm³/mol. The van der Waals surface area contributed by atoms with Gasteiger partial charge in [-0.2, -0.15) is 0 Å². The largest absolute Gasteiger partial charge is 0.380 e. The third-order valence-corrected chi connectivity index (χ3v) is 3.84. The van der Waals surface area contributed by atoms with Gasteiger partial charge in [0.1, 0.15) is 0 Å². The number of anilines is 2. The molecule has 1 saturated carbocycles. The summed E-state index contributed by atoms with van der Waals surface area (Å²) >= 11 is 0. The summed E-state index contributed by atoms with van der Waals surface area (Å²) in [5.41, 5.74) is 2.93. The van der Waals surface area contributed by atoms with Crippen LogP contribution < -0.4 is 16.0 Å². The third kappa shape index (κ3) is 5.06. The van der Waals surface area contributed by atoms with Gasteiger partial charge in [-0.25, -0.2) is 4.79 Å². The van der Waals surface area contributed by atoms with Gasteiger partial charge in [-0.15, -0.1) is 0 Å². The molecule has 25 heavy (non-hydrogen) atoms. The fourth-order valence-electron chi connectivity index (χ4n) is 2.34. The molecule has 1 aliphatic rings. The smallest absolute Gasteiger partial charge is 0.319 e. The molecule has 6 heteroatoms. The van der Waals surface area contributed by atoms with Gasteiger partial charge in [0.05, 0.1) is 6.61 Å². The van der Waals surface area contributed by atoms with Crippen molar-refractivity contribution in [3.05, 3.63) is 59.7 Å². The van der Waals surface area contributed by atoms with Crippen molar-refractivity contribution in [2.75, 3.05) is 17.7 Å². The molecule has 0 unspecified atom stereocenters. The maximum atomic E-state index is 12.3. The lowest BCUT2D eigenvalue weighted by atomic mass is 10.1. The van der Waals surface area contributed by atoms with Crippen LogP contribution in [0.15, 0.2) is 48.5 Å². The van der Waals surface area contributed by atoms with Crippen molar-refractivity contribution in [3.8, 4) is 0 Å². The molecule has 0 saturated heterocycles. The summed E-state index contributed by atoms with van der Waals surface area (Å²) in [5.74, 6) is -0.184. The van der Waals surface area contributed by atoms with Crippen molar-refractivity contribution in [2.45, 2.75) is 25.5 Å². The second-order valence-electron chi connectivity index (χ2n) is 6.03. The molecule has 2 aromatic rings. The van der Waals surface area contributed by atoms with E-state index in [2.05, 4.69) is 16.0 Å². The lowest BCUT2D eigenvalue weighted by Gasteiger charge is -2.09. The number of ether oxygens (including phenoxy) is 1. The molecule has 0 heterocycles. The molecule has 1 aliphatic carbocycles. The summed E-state index contributed by atoms with van der Waals surface area (Å²) in [5, 5.41) is 8.46. The fraction of sp³-hybridized carbons (Fsp3) is 0.263. The predicted octanol–water partition coefficient (Wildman–Crippen LogP) is 3.37. The number of hydrogen-bond acceptors (Lipinski definition) is 3. The van der Waals surface area contributed by atoms with E-state index in [-0.39, 0.29) is 11.9 Å². The van der Waals surface area contributed by atoms with Gasteiger partial charge < -0.3 is 20.7 Å². The highest BCUT2D eigenvalue weighted by molar-refractivity contribution is 6.04. The normalized spacial score (nSPS) is 13.2. The fourth-order valence-corrected chi connectivity index (χ4v) is 2.34. The molecule has 1 fully saturated rings. The molecule has 0 atom stereocenters. The van der Waals surface area contributed by atoms with E-state index in [0.29, 0.717) is 29.6 Å². The number of amides is 3. The Hall–Kier alpha value is -2.86. The minimum atomic E-state index is -0.199. The van der Waals surface area contributed by atoms with Crippen molar-refractivity contribution in [3.63, 3.8) is 0 Å². The summed E-state index contributed by atoms with van der Waals surface area (Å²) < 4.78 is 5.05. The number of urea groups is 1. The van der Waals surface area contributed by atoms with Gasteiger partial charge in [0.2, 0.25) is 0 Å². The Labute approximate surface area is 146 Å². The Kier molecular flexibility index (Phi) is 5.30. The van der Waals surface area contributed by atoms with Crippen molar-refractivity contribution in [1.82, 2.24) is 5.32 Å². The first-order valence-corrected chi connectivity index (χ1v) is 8.21. The third-order valence-electron chi connectivity index (χ3n) is 3.84. The van der Waals surface area contributed by atoms with E-state index < -0.39 is 0 Å². The number of carbonyl (C=O) groups excluding carboxylic acids is 2. The number of rotatable bonds is 6. The van der Waals surface area contributed by atoms with Crippen molar-refractivity contribution in [1.29, 1.82) is 0 Å². The van der Waals surface area contributed by atoms with Gasteiger partial charge in [-0.05, 0) is 54.8 Å². The van der Waals surface area contributed by atoms with E-state index in [1.165, 1.54) is 0 Å². The summed E-state index contributed by atoms with van der Waals surface area (Å²) in [7, 11) is 1.63. The standard InChI is InChI=1S/C19H21N3O3/c1-25-12-13-2-4-14(5-3-13)18(23)20-15-6-8-16(9-7-15)21-19(24)22-17-10-11-17/h2-9,17H,10-12H2,1H3,(H,20,23)(H2,21,22,24). The van der Waals surface area contributed by atoms with Crippen LogP contribution in [0.3, 0.4) is 0 Å². The van der Waals surface area contributed by atoms with Gasteiger partial charge in [0.25, 0.3) is 5.91 Å². The molecule has 3 N–H and O–H groups in total. The number of nitrogens with one attached hydrogen (secondary N) is 3. The van der Waals surface area contributed by atoms with Crippen LogP contribution in [0, 0.1) is 0 Å². The van der Waals surface area contributed by atoms with Crippen LogP contribution in [0.25, 0.3) is 0 Å². The Morgan fingerprint density at radius 3 is 2.12 bits per heavy atom. The summed E-state index contributed by atoms with van der Waals surface area (Å²) in [6, 6.07) is 14.4. The molecule has 2 aromatic carbocycles. The molecule has 0 radical (unpaired) electrons. The second kappa shape index (κ2) is 7.81. The maximum Gasteiger partial charge on any atom is 0.319 e.